The van der Waals surface area contributed by atoms with Gasteiger partial charge in [0.1, 0.15) is 5.75 Å². The van der Waals surface area contributed by atoms with Gasteiger partial charge in [-0.2, -0.15) is 0 Å². The van der Waals surface area contributed by atoms with Crippen molar-refractivity contribution in [1.82, 2.24) is 4.90 Å². The van der Waals surface area contributed by atoms with Gasteiger partial charge in [0, 0.05) is 38.4 Å². The summed E-state index contributed by atoms with van der Waals surface area (Å²) >= 11 is 0. The van der Waals surface area contributed by atoms with Crippen molar-refractivity contribution in [2.24, 2.45) is 0 Å². The lowest BCUT2D eigenvalue weighted by atomic mass is 9.98. The molecule has 0 aromatic heterocycles. The van der Waals surface area contributed by atoms with Gasteiger partial charge in [0.2, 0.25) is 0 Å². The van der Waals surface area contributed by atoms with Gasteiger partial charge >= 0.3 is 0 Å². The quantitative estimate of drug-likeness (QED) is 0.732. The molecule has 156 valence electrons. The van der Waals surface area contributed by atoms with E-state index in [0.717, 1.165) is 44.8 Å². The summed E-state index contributed by atoms with van der Waals surface area (Å²) in [5.41, 5.74) is 1.24. The molecule has 5 nitrogen and oxygen atoms in total. The van der Waals surface area contributed by atoms with E-state index in [4.69, 9.17) is 9.47 Å². The SMILES string of the molecule is COc1ccc(N2CCN(CC(O)COC3CCCCC3)CC2)cc1.Cl.Cl. The molecule has 1 saturated carbocycles. The molecule has 3 rings (SSSR count). The van der Waals surface area contributed by atoms with Crippen molar-refractivity contribution in [3.05, 3.63) is 24.3 Å². The monoisotopic (exact) mass is 420 g/mol. The Balaban J connectivity index is 0.00000182. The summed E-state index contributed by atoms with van der Waals surface area (Å²) in [7, 11) is 1.69. The van der Waals surface area contributed by atoms with Crippen LogP contribution in [0.5, 0.6) is 5.75 Å². The summed E-state index contributed by atoms with van der Waals surface area (Å²) in [5, 5.41) is 10.3. The molecule has 0 radical (unpaired) electrons. The average molecular weight is 421 g/mol. The van der Waals surface area contributed by atoms with Crippen molar-refractivity contribution in [2.45, 2.75) is 44.3 Å². The zero-order valence-corrected chi connectivity index (χ0v) is 17.8. The molecule has 0 spiro atoms. The molecule has 7 heteroatoms. The van der Waals surface area contributed by atoms with Gasteiger partial charge in [-0.05, 0) is 37.1 Å². The Labute approximate surface area is 175 Å². The summed E-state index contributed by atoms with van der Waals surface area (Å²) in [4.78, 5) is 4.73. The molecule has 27 heavy (non-hydrogen) atoms. The van der Waals surface area contributed by atoms with Gasteiger partial charge in [-0.3, -0.25) is 4.90 Å². The highest BCUT2D eigenvalue weighted by molar-refractivity contribution is 5.85. The molecule has 2 aliphatic rings. The average Bonchev–Trinajstić information content (AvgIpc) is 2.68. The first kappa shape index (κ1) is 24.3. The van der Waals surface area contributed by atoms with Crippen LogP contribution in [0.2, 0.25) is 0 Å². The number of hydrogen-bond acceptors (Lipinski definition) is 5. The van der Waals surface area contributed by atoms with Gasteiger partial charge in [-0.15, -0.1) is 24.8 Å². The van der Waals surface area contributed by atoms with E-state index in [1.807, 2.05) is 12.1 Å². The third-order valence-electron chi connectivity index (χ3n) is 5.36. The second kappa shape index (κ2) is 12.7. The lowest BCUT2D eigenvalue weighted by Crippen LogP contribution is -2.49. The number of nitrogens with zero attached hydrogens (tertiary/aromatic N) is 2. The number of methoxy groups -OCH3 is 1. The minimum Gasteiger partial charge on any atom is -0.497 e. The predicted octanol–water partition coefficient (Wildman–Crippen LogP) is 3.37. The minimum atomic E-state index is -0.380. The Kier molecular flexibility index (Phi) is 11.4. The molecule has 1 aliphatic carbocycles. The molecule has 0 bridgehead atoms. The normalized spacial score (nSPS) is 19.7. The van der Waals surface area contributed by atoms with Crippen molar-refractivity contribution in [1.29, 1.82) is 0 Å². The third kappa shape index (κ3) is 7.66. The molecule has 0 amide bonds. The standard InChI is InChI=1S/C20H32N2O3.2ClH/c1-24-19-9-7-17(8-10-19)22-13-11-21(12-14-22)15-18(23)16-25-20-5-3-2-4-6-20;;/h7-10,18,20,23H,2-6,11-16H2,1H3;2*1H. The highest BCUT2D eigenvalue weighted by atomic mass is 35.5. The number of benzene rings is 1. The zero-order valence-electron chi connectivity index (χ0n) is 16.2. The largest absolute Gasteiger partial charge is 0.497 e. The van der Waals surface area contributed by atoms with Crippen molar-refractivity contribution >= 4 is 30.5 Å². The maximum absolute atomic E-state index is 10.3. The van der Waals surface area contributed by atoms with E-state index in [1.165, 1.54) is 24.9 Å². The van der Waals surface area contributed by atoms with Crippen LogP contribution in [0.4, 0.5) is 5.69 Å². The van der Waals surface area contributed by atoms with Crippen molar-refractivity contribution in [2.75, 3.05) is 51.3 Å². The van der Waals surface area contributed by atoms with E-state index in [-0.39, 0.29) is 30.9 Å². The van der Waals surface area contributed by atoms with E-state index in [0.29, 0.717) is 19.3 Å². The van der Waals surface area contributed by atoms with Crippen LogP contribution < -0.4 is 9.64 Å². The molecule has 1 heterocycles. The molecule has 2 fully saturated rings. The maximum atomic E-state index is 10.3. The van der Waals surface area contributed by atoms with Crippen LogP contribution in [0.25, 0.3) is 0 Å². The van der Waals surface area contributed by atoms with Gasteiger partial charge in [0.25, 0.3) is 0 Å². The molecule has 1 aliphatic heterocycles. The molecular formula is C20H34Cl2N2O3. The molecular weight excluding hydrogens is 387 g/mol. The van der Waals surface area contributed by atoms with Gasteiger partial charge in [-0.25, -0.2) is 0 Å². The fourth-order valence-corrected chi connectivity index (χ4v) is 3.81. The van der Waals surface area contributed by atoms with E-state index in [1.54, 1.807) is 7.11 Å². The van der Waals surface area contributed by atoms with Crippen LogP contribution in [0.15, 0.2) is 24.3 Å². The van der Waals surface area contributed by atoms with Gasteiger partial charge in [-0.1, -0.05) is 19.3 Å². The summed E-state index contributed by atoms with van der Waals surface area (Å²) in [5.74, 6) is 0.892. The highest BCUT2D eigenvalue weighted by Crippen LogP contribution is 2.21. The number of aliphatic hydroxyl groups is 1. The second-order valence-corrected chi connectivity index (χ2v) is 7.23. The summed E-state index contributed by atoms with van der Waals surface area (Å²) in [6, 6.07) is 8.24. The first-order valence-electron chi connectivity index (χ1n) is 9.65. The van der Waals surface area contributed by atoms with Gasteiger partial charge in [0.05, 0.1) is 25.9 Å². The lowest BCUT2D eigenvalue weighted by Gasteiger charge is -2.37. The third-order valence-corrected chi connectivity index (χ3v) is 5.36. The Hall–Kier alpha value is -0.720. The predicted molar refractivity (Wildman–Crippen MR) is 115 cm³/mol. The van der Waals surface area contributed by atoms with Crippen molar-refractivity contribution in [3.63, 3.8) is 0 Å². The lowest BCUT2D eigenvalue weighted by molar-refractivity contribution is -0.0336. The summed E-state index contributed by atoms with van der Waals surface area (Å²) < 4.78 is 11.1. The van der Waals surface area contributed by atoms with Crippen LogP contribution in [-0.4, -0.2) is 68.7 Å². The van der Waals surface area contributed by atoms with Crippen LogP contribution in [0, 0.1) is 0 Å². The number of aliphatic hydroxyl groups excluding tert-OH is 1. The topological polar surface area (TPSA) is 45.2 Å². The number of hydrogen-bond donors (Lipinski definition) is 1. The Morgan fingerprint density at radius 1 is 1.00 bits per heavy atom. The number of rotatable bonds is 7. The van der Waals surface area contributed by atoms with E-state index < -0.39 is 0 Å². The van der Waals surface area contributed by atoms with Gasteiger partial charge < -0.3 is 19.5 Å². The van der Waals surface area contributed by atoms with E-state index in [2.05, 4.69) is 21.9 Å². The first-order chi connectivity index (χ1) is 12.2. The fourth-order valence-electron chi connectivity index (χ4n) is 3.81. The number of piperazine rings is 1. The minimum absolute atomic E-state index is 0. The molecule has 1 saturated heterocycles. The Morgan fingerprint density at radius 3 is 2.22 bits per heavy atom. The van der Waals surface area contributed by atoms with E-state index in [9.17, 15) is 5.11 Å². The van der Waals surface area contributed by atoms with E-state index >= 15 is 0 Å². The molecule has 1 aromatic carbocycles. The van der Waals surface area contributed by atoms with Crippen molar-refractivity contribution < 1.29 is 14.6 Å². The number of ether oxygens (including phenoxy) is 2. The Morgan fingerprint density at radius 2 is 1.63 bits per heavy atom. The van der Waals surface area contributed by atoms with Crippen LogP contribution in [0.3, 0.4) is 0 Å². The Bertz CT molecular complexity index is 504. The zero-order chi connectivity index (χ0) is 17.5. The van der Waals surface area contributed by atoms with Gasteiger partial charge in [0.15, 0.2) is 0 Å². The highest BCUT2D eigenvalue weighted by Gasteiger charge is 2.21. The smallest absolute Gasteiger partial charge is 0.119 e. The molecule has 1 unspecified atom stereocenters. The number of anilines is 1. The molecule has 1 atom stereocenters. The van der Waals surface area contributed by atoms with Crippen molar-refractivity contribution in [3.8, 4) is 5.75 Å². The van der Waals surface area contributed by atoms with Crippen LogP contribution in [-0.2, 0) is 4.74 Å². The number of halogens is 2. The summed E-state index contributed by atoms with van der Waals surface area (Å²) in [6.07, 6.45) is 6.19. The molecule has 1 aromatic rings. The maximum Gasteiger partial charge on any atom is 0.119 e. The molecule has 1 N–H and O–H groups in total. The second-order valence-electron chi connectivity index (χ2n) is 7.23. The summed E-state index contributed by atoms with van der Waals surface area (Å²) in [6.45, 7) is 5.12. The van der Waals surface area contributed by atoms with Crippen LogP contribution >= 0.6 is 24.8 Å². The van der Waals surface area contributed by atoms with Crippen LogP contribution in [0.1, 0.15) is 32.1 Å². The first-order valence-corrected chi connectivity index (χ1v) is 9.65. The fraction of sp³-hybridized carbons (Fsp3) is 0.700. The number of β-amino-alcohol motifs (C(OH)–C–C–N with tert-alkyl or cyclic N) is 1.